The molecule has 0 aliphatic heterocycles. The lowest BCUT2D eigenvalue weighted by molar-refractivity contribution is 0.592. The van der Waals surface area contributed by atoms with Gasteiger partial charge in [-0.2, -0.15) is 9.97 Å². The maximum absolute atomic E-state index is 13.4. The first kappa shape index (κ1) is 16.4. The summed E-state index contributed by atoms with van der Waals surface area (Å²) >= 11 is -1.34. The highest BCUT2D eigenvalue weighted by molar-refractivity contribution is 7.90. The minimum absolute atomic E-state index is 0.0250. The fraction of sp³-hybridized carbons (Fsp3) is 0.188. The average molecular weight is 346 g/mol. The van der Waals surface area contributed by atoms with E-state index in [9.17, 15) is 13.7 Å². The van der Waals surface area contributed by atoms with Crippen molar-refractivity contribution >= 4 is 27.9 Å². The third-order valence-electron chi connectivity index (χ3n) is 3.69. The highest BCUT2D eigenvalue weighted by Crippen LogP contribution is 2.23. The number of nitrogen functional groups attached to an aromatic ring is 1. The standard InChI is InChI=1S/C16H15FN4O2S/c1-3-21-14-10(8-19-16(20-14)24(2)23)6-11(15(21)22)9-4-5-12(17)13(18)7-9/h4-8H,3,18H2,1-2H3. The predicted molar refractivity (Wildman–Crippen MR) is 91.6 cm³/mol. The molecule has 1 aromatic carbocycles. The number of anilines is 1. The van der Waals surface area contributed by atoms with Crippen LogP contribution in [0, 0.1) is 5.82 Å². The number of halogens is 1. The lowest BCUT2D eigenvalue weighted by Crippen LogP contribution is -2.23. The summed E-state index contributed by atoms with van der Waals surface area (Å²) in [6, 6.07) is 5.79. The van der Waals surface area contributed by atoms with Crippen LogP contribution in [-0.2, 0) is 17.7 Å². The molecule has 0 aliphatic rings. The summed E-state index contributed by atoms with van der Waals surface area (Å²) in [5.41, 5.74) is 6.62. The van der Waals surface area contributed by atoms with Crippen LogP contribution in [0.5, 0.6) is 0 Å². The Morgan fingerprint density at radius 3 is 2.75 bits per heavy atom. The summed E-state index contributed by atoms with van der Waals surface area (Å²) in [6.07, 6.45) is 3.01. The Bertz CT molecular complexity index is 988. The van der Waals surface area contributed by atoms with Crippen molar-refractivity contribution in [2.24, 2.45) is 0 Å². The first-order valence-electron chi connectivity index (χ1n) is 7.21. The fourth-order valence-corrected chi connectivity index (χ4v) is 2.91. The van der Waals surface area contributed by atoms with Gasteiger partial charge in [-0.15, -0.1) is 0 Å². The van der Waals surface area contributed by atoms with Crippen LogP contribution in [0.2, 0.25) is 0 Å². The van der Waals surface area contributed by atoms with E-state index in [1.54, 1.807) is 6.07 Å². The normalized spacial score (nSPS) is 12.5. The van der Waals surface area contributed by atoms with E-state index in [1.165, 1.54) is 35.2 Å². The van der Waals surface area contributed by atoms with Crippen molar-refractivity contribution in [1.29, 1.82) is 0 Å². The minimum Gasteiger partial charge on any atom is -0.609 e. The number of aromatic nitrogens is 3. The number of rotatable bonds is 3. The molecule has 0 saturated heterocycles. The van der Waals surface area contributed by atoms with Gasteiger partial charge >= 0.3 is 5.16 Å². The van der Waals surface area contributed by atoms with E-state index in [0.717, 1.165) is 0 Å². The molecule has 2 aromatic heterocycles. The molecule has 0 saturated carbocycles. The molecule has 6 nitrogen and oxygen atoms in total. The third-order valence-corrected chi connectivity index (χ3v) is 4.40. The second-order valence-corrected chi connectivity index (χ2v) is 6.50. The Morgan fingerprint density at radius 2 is 2.12 bits per heavy atom. The van der Waals surface area contributed by atoms with Gasteiger partial charge in [-0.1, -0.05) is 6.07 Å². The SMILES string of the molecule is CCn1c(=O)c(-c2ccc(F)c(N)c2)cc2cnc([S+](C)[O-])nc21. The van der Waals surface area contributed by atoms with Crippen molar-refractivity contribution in [2.75, 3.05) is 12.0 Å². The first-order chi connectivity index (χ1) is 11.4. The van der Waals surface area contributed by atoms with Gasteiger partial charge in [0.05, 0.1) is 5.69 Å². The molecular formula is C16H15FN4O2S. The van der Waals surface area contributed by atoms with Crippen molar-refractivity contribution in [1.82, 2.24) is 14.5 Å². The summed E-state index contributed by atoms with van der Waals surface area (Å²) < 4.78 is 26.4. The van der Waals surface area contributed by atoms with Crippen LogP contribution in [0.4, 0.5) is 10.1 Å². The van der Waals surface area contributed by atoms with Crippen molar-refractivity contribution in [2.45, 2.75) is 18.6 Å². The number of pyridine rings is 1. The number of nitrogens with two attached hydrogens (primary N) is 1. The summed E-state index contributed by atoms with van der Waals surface area (Å²) in [5, 5.41) is 0.798. The van der Waals surface area contributed by atoms with Crippen molar-refractivity contribution in [3.8, 4) is 11.1 Å². The zero-order chi connectivity index (χ0) is 17.4. The molecule has 1 atom stereocenters. The van der Waals surface area contributed by atoms with Crippen LogP contribution in [0.1, 0.15) is 6.92 Å². The monoisotopic (exact) mass is 346 g/mol. The van der Waals surface area contributed by atoms with E-state index in [2.05, 4.69) is 9.97 Å². The van der Waals surface area contributed by atoms with E-state index in [4.69, 9.17) is 5.73 Å². The van der Waals surface area contributed by atoms with E-state index >= 15 is 0 Å². The summed E-state index contributed by atoms with van der Waals surface area (Å²) in [4.78, 5) is 21.1. The number of nitrogens with zero attached hydrogens (tertiary/aromatic N) is 3. The number of hydrogen-bond acceptors (Lipinski definition) is 5. The molecule has 0 fully saturated rings. The lowest BCUT2D eigenvalue weighted by Gasteiger charge is -2.11. The van der Waals surface area contributed by atoms with Crippen molar-refractivity contribution < 1.29 is 8.94 Å². The number of benzene rings is 1. The van der Waals surface area contributed by atoms with Crippen LogP contribution >= 0.6 is 0 Å². The Hall–Kier alpha value is -2.45. The predicted octanol–water partition coefficient (Wildman–Crippen LogP) is 1.94. The smallest absolute Gasteiger partial charge is 0.344 e. The fourth-order valence-electron chi connectivity index (χ4n) is 2.49. The summed E-state index contributed by atoms with van der Waals surface area (Å²) in [7, 11) is 0. The Balaban J connectivity index is 2.31. The molecule has 0 bridgehead atoms. The van der Waals surface area contributed by atoms with E-state index in [0.29, 0.717) is 28.7 Å². The van der Waals surface area contributed by atoms with E-state index < -0.39 is 17.0 Å². The van der Waals surface area contributed by atoms with Crippen LogP contribution < -0.4 is 11.3 Å². The molecule has 3 rings (SSSR count). The number of aryl methyl sites for hydroxylation is 1. The summed E-state index contributed by atoms with van der Waals surface area (Å²) in [6.45, 7) is 2.20. The topological polar surface area (TPSA) is 96.9 Å². The van der Waals surface area contributed by atoms with Gasteiger partial charge in [-0.3, -0.25) is 9.36 Å². The van der Waals surface area contributed by atoms with E-state index in [1.807, 2.05) is 6.92 Å². The van der Waals surface area contributed by atoms with Gasteiger partial charge in [0.15, 0.2) is 5.65 Å². The van der Waals surface area contributed by atoms with E-state index in [-0.39, 0.29) is 16.4 Å². The molecule has 2 N–H and O–H groups in total. The Labute approximate surface area is 140 Å². The molecule has 1 unspecified atom stereocenters. The highest BCUT2D eigenvalue weighted by atomic mass is 32.2. The van der Waals surface area contributed by atoms with Crippen LogP contribution in [0.3, 0.4) is 0 Å². The van der Waals surface area contributed by atoms with Gasteiger partial charge in [0.25, 0.3) is 5.56 Å². The van der Waals surface area contributed by atoms with Gasteiger partial charge in [-0.05, 0) is 30.7 Å². The molecule has 2 heterocycles. The quantitative estimate of drug-likeness (QED) is 0.444. The molecule has 3 aromatic rings. The highest BCUT2D eigenvalue weighted by Gasteiger charge is 2.16. The number of fused-ring (bicyclic) bond motifs is 1. The third kappa shape index (κ3) is 2.74. The van der Waals surface area contributed by atoms with Gasteiger partial charge in [0.1, 0.15) is 12.1 Å². The second kappa shape index (κ2) is 6.21. The maximum Gasteiger partial charge on any atom is 0.344 e. The molecule has 124 valence electrons. The maximum atomic E-state index is 13.4. The molecular weight excluding hydrogens is 331 g/mol. The summed E-state index contributed by atoms with van der Waals surface area (Å²) in [5.74, 6) is -0.534. The zero-order valence-electron chi connectivity index (χ0n) is 13.1. The average Bonchev–Trinajstić information content (AvgIpc) is 2.56. The van der Waals surface area contributed by atoms with Gasteiger partial charge in [0.2, 0.25) is 0 Å². The van der Waals surface area contributed by atoms with Gasteiger partial charge in [-0.25, -0.2) is 4.39 Å². The lowest BCUT2D eigenvalue weighted by atomic mass is 10.1. The molecule has 0 spiro atoms. The molecule has 0 amide bonds. The van der Waals surface area contributed by atoms with Crippen molar-refractivity contribution in [3.05, 3.63) is 46.6 Å². The second-order valence-electron chi connectivity index (χ2n) is 5.23. The molecule has 24 heavy (non-hydrogen) atoms. The molecule has 8 heteroatoms. The van der Waals surface area contributed by atoms with Crippen LogP contribution in [0.15, 0.2) is 40.4 Å². The Kier molecular flexibility index (Phi) is 4.25. The number of hydrogen-bond donors (Lipinski definition) is 1. The zero-order valence-corrected chi connectivity index (χ0v) is 13.9. The molecule has 0 radical (unpaired) electrons. The minimum atomic E-state index is -1.34. The molecule has 0 aliphatic carbocycles. The first-order valence-corrected chi connectivity index (χ1v) is 8.77. The van der Waals surface area contributed by atoms with Gasteiger partial charge in [0, 0.05) is 34.9 Å². The van der Waals surface area contributed by atoms with Gasteiger partial charge < -0.3 is 10.3 Å². The van der Waals surface area contributed by atoms with Crippen molar-refractivity contribution in [3.63, 3.8) is 0 Å². The largest absolute Gasteiger partial charge is 0.609 e. The van der Waals surface area contributed by atoms with Crippen LogP contribution in [0.25, 0.3) is 22.2 Å². The van der Waals surface area contributed by atoms with Crippen LogP contribution in [-0.4, -0.2) is 25.3 Å². The Morgan fingerprint density at radius 1 is 1.38 bits per heavy atom.